The minimum absolute atomic E-state index is 0.178. The van der Waals surface area contributed by atoms with Crippen LogP contribution in [0.3, 0.4) is 0 Å². The first-order valence-electron chi connectivity index (χ1n) is 8.72. The van der Waals surface area contributed by atoms with Crippen LogP contribution in [0.1, 0.15) is 29.8 Å². The van der Waals surface area contributed by atoms with E-state index >= 15 is 0 Å². The number of benzene rings is 1. The SMILES string of the molecule is O=C1NC[C@@]2(CCCN(C(=O)c3ccc(Oc4ccccc4)o3)CC2)O1. The fraction of sp³-hybridized carbons (Fsp3) is 0.368. The van der Waals surface area contributed by atoms with E-state index in [0.717, 1.165) is 12.8 Å². The van der Waals surface area contributed by atoms with Crippen LogP contribution in [0.5, 0.6) is 11.7 Å². The first-order valence-corrected chi connectivity index (χ1v) is 8.72. The van der Waals surface area contributed by atoms with E-state index in [0.29, 0.717) is 31.8 Å². The summed E-state index contributed by atoms with van der Waals surface area (Å²) >= 11 is 0. The van der Waals surface area contributed by atoms with Crippen molar-refractivity contribution in [3.05, 3.63) is 48.2 Å². The summed E-state index contributed by atoms with van der Waals surface area (Å²) in [4.78, 5) is 25.9. The Bertz CT molecular complexity index is 803. The van der Waals surface area contributed by atoms with Gasteiger partial charge in [0, 0.05) is 25.6 Å². The summed E-state index contributed by atoms with van der Waals surface area (Å²) in [6.45, 7) is 1.63. The van der Waals surface area contributed by atoms with Gasteiger partial charge in [-0.25, -0.2) is 4.79 Å². The van der Waals surface area contributed by atoms with Gasteiger partial charge in [-0.15, -0.1) is 0 Å². The Morgan fingerprint density at radius 1 is 1.12 bits per heavy atom. The predicted molar refractivity (Wildman–Crippen MR) is 92.2 cm³/mol. The maximum absolute atomic E-state index is 12.7. The molecule has 1 aromatic carbocycles. The van der Waals surface area contributed by atoms with Crippen LogP contribution < -0.4 is 10.1 Å². The highest BCUT2D eigenvalue weighted by molar-refractivity contribution is 5.91. The van der Waals surface area contributed by atoms with Crippen LogP contribution >= 0.6 is 0 Å². The molecule has 0 unspecified atom stereocenters. The van der Waals surface area contributed by atoms with Crippen molar-refractivity contribution < 1.29 is 23.5 Å². The molecule has 0 saturated carbocycles. The number of alkyl carbamates (subject to hydrolysis) is 1. The molecule has 1 spiro atoms. The highest BCUT2D eigenvalue weighted by atomic mass is 16.6. The molecule has 0 bridgehead atoms. The van der Waals surface area contributed by atoms with E-state index < -0.39 is 5.60 Å². The average Bonchev–Trinajstić information content (AvgIpc) is 3.19. The number of nitrogens with one attached hydrogen (secondary N) is 1. The third-order valence-corrected chi connectivity index (χ3v) is 4.80. The van der Waals surface area contributed by atoms with Gasteiger partial charge in [0.25, 0.3) is 11.9 Å². The van der Waals surface area contributed by atoms with Crippen LogP contribution in [0.4, 0.5) is 4.79 Å². The zero-order valence-electron chi connectivity index (χ0n) is 14.3. The number of hydrogen-bond acceptors (Lipinski definition) is 5. The molecular weight excluding hydrogens is 336 g/mol. The fourth-order valence-electron chi connectivity index (χ4n) is 3.40. The fourth-order valence-corrected chi connectivity index (χ4v) is 3.40. The van der Waals surface area contributed by atoms with Crippen molar-refractivity contribution in [2.24, 2.45) is 0 Å². The largest absolute Gasteiger partial charge is 0.441 e. The van der Waals surface area contributed by atoms with Crippen molar-refractivity contribution >= 4 is 12.0 Å². The molecule has 0 radical (unpaired) electrons. The van der Waals surface area contributed by atoms with E-state index in [1.165, 1.54) is 0 Å². The van der Waals surface area contributed by atoms with E-state index in [2.05, 4.69) is 5.32 Å². The molecule has 7 heteroatoms. The van der Waals surface area contributed by atoms with E-state index in [9.17, 15) is 9.59 Å². The van der Waals surface area contributed by atoms with Crippen molar-refractivity contribution in [1.29, 1.82) is 0 Å². The summed E-state index contributed by atoms with van der Waals surface area (Å²) in [5, 5.41) is 2.71. The lowest BCUT2D eigenvalue weighted by atomic mass is 9.95. The molecule has 7 nitrogen and oxygen atoms in total. The van der Waals surface area contributed by atoms with Gasteiger partial charge in [0.1, 0.15) is 11.4 Å². The number of carbonyl (C=O) groups is 2. The van der Waals surface area contributed by atoms with Crippen LogP contribution in [-0.2, 0) is 4.74 Å². The zero-order valence-corrected chi connectivity index (χ0v) is 14.3. The summed E-state index contributed by atoms with van der Waals surface area (Å²) in [6, 6.07) is 12.5. The second kappa shape index (κ2) is 6.74. The topological polar surface area (TPSA) is 81.0 Å². The molecule has 2 amide bonds. The second-order valence-corrected chi connectivity index (χ2v) is 6.61. The molecule has 2 aliphatic heterocycles. The number of likely N-dealkylation sites (tertiary alicyclic amines) is 1. The summed E-state index contributed by atoms with van der Waals surface area (Å²) in [5.74, 6) is 0.989. The van der Waals surface area contributed by atoms with Crippen LogP contribution in [-0.4, -0.2) is 42.1 Å². The van der Waals surface area contributed by atoms with E-state index in [1.807, 2.05) is 30.3 Å². The highest BCUT2D eigenvalue weighted by Gasteiger charge is 2.42. The summed E-state index contributed by atoms with van der Waals surface area (Å²) in [6.07, 6.45) is 1.76. The zero-order chi connectivity index (χ0) is 18.0. The van der Waals surface area contributed by atoms with Gasteiger partial charge < -0.3 is 24.1 Å². The quantitative estimate of drug-likeness (QED) is 0.913. The molecule has 1 N–H and O–H groups in total. The van der Waals surface area contributed by atoms with Gasteiger partial charge in [-0.3, -0.25) is 4.79 Å². The number of para-hydroxylation sites is 1. The van der Waals surface area contributed by atoms with E-state index in [1.54, 1.807) is 17.0 Å². The molecule has 1 aromatic heterocycles. The lowest BCUT2D eigenvalue weighted by molar-refractivity contribution is 0.0435. The summed E-state index contributed by atoms with van der Waals surface area (Å²) < 4.78 is 16.6. The highest BCUT2D eigenvalue weighted by Crippen LogP contribution is 2.30. The molecule has 2 aromatic rings. The third kappa shape index (κ3) is 3.37. The normalized spacial score (nSPS) is 22.6. The van der Waals surface area contributed by atoms with Crippen molar-refractivity contribution in [3.8, 4) is 11.7 Å². The Balaban J connectivity index is 1.41. The van der Waals surface area contributed by atoms with Crippen LogP contribution in [0.25, 0.3) is 0 Å². The Kier molecular flexibility index (Phi) is 4.28. The van der Waals surface area contributed by atoms with Crippen LogP contribution in [0, 0.1) is 0 Å². The molecule has 2 saturated heterocycles. The van der Waals surface area contributed by atoms with Gasteiger partial charge in [-0.05, 0) is 31.0 Å². The molecule has 2 fully saturated rings. The summed E-state index contributed by atoms with van der Waals surface area (Å²) in [5.41, 5.74) is -0.489. The molecule has 0 aliphatic carbocycles. The van der Waals surface area contributed by atoms with Crippen molar-refractivity contribution in [1.82, 2.24) is 10.2 Å². The smallest absolute Gasteiger partial charge is 0.407 e. The molecule has 1 atom stereocenters. The van der Waals surface area contributed by atoms with Crippen molar-refractivity contribution in [2.75, 3.05) is 19.6 Å². The molecular formula is C19H20N2O5. The van der Waals surface area contributed by atoms with Crippen molar-refractivity contribution in [3.63, 3.8) is 0 Å². The maximum atomic E-state index is 12.7. The van der Waals surface area contributed by atoms with Gasteiger partial charge in [-0.1, -0.05) is 18.2 Å². The molecule has 136 valence electrons. The predicted octanol–water partition coefficient (Wildman–Crippen LogP) is 3.18. The molecule has 26 heavy (non-hydrogen) atoms. The first kappa shape index (κ1) is 16.5. The number of hydrogen-bond donors (Lipinski definition) is 1. The van der Waals surface area contributed by atoms with Gasteiger partial charge in [-0.2, -0.15) is 0 Å². The standard InChI is InChI=1S/C19H20N2O5/c22-17(15-7-8-16(25-15)24-14-5-2-1-3-6-14)21-11-4-9-19(10-12-21)13-20-18(23)26-19/h1-3,5-8H,4,9-13H2,(H,20,23)/t19-/m0/s1. The first-order chi connectivity index (χ1) is 12.6. The minimum Gasteiger partial charge on any atom is -0.441 e. The van der Waals surface area contributed by atoms with Gasteiger partial charge in [0.05, 0.1) is 6.54 Å². The van der Waals surface area contributed by atoms with Crippen LogP contribution in [0.2, 0.25) is 0 Å². The second-order valence-electron chi connectivity index (χ2n) is 6.61. The van der Waals surface area contributed by atoms with E-state index in [-0.39, 0.29) is 23.7 Å². The molecule has 3 heterocycles. The number of amides is 2. The maximum Gasteiger partial charge on any atom is 0.407 e. The van der Waals surface area contributed by atoms with Gasteiger partial charge in [0.15, 0.2) is 5.76 Å². The van der Waals surface area contributed by atoms with Gasteiger partial charge in [0.2, 0.25) is 0 Å². The average molecular weight is 356 g/mol. The summed E-state index contributed by atoms with van der Waals surface area (Å²) in [7, 11) is 0. The Morgan fingerprint density at radius 2 is 1.96 bits per heavy atom. The number of rotatable bonds is 3. The molecule has 2 aliphatic rings. The number of carbonyl (C=O) groups excluding carboxylic acids is 2. The Hall–Kier alpha value is -2.96. The lowest BCUT2D eigenvalue weighted by Crippen LogP contribution is -2.36. The van der Waals surface area contributed by atoms with Crippen molar-refractivity contribution in [2.45, 2.75) is 24.9 Å². The van der Waals surface area contributed by atoms with Gasteiger partial charge >= 0.3 is 6.09 Å². The Morgan fingerprint density at radius 3 is 2.73 bits per heavy atom. The monoisotopic (exact) mass is 356 g/mol. The Labute approximate surface area is 150 Å². The number of ether oxygens (including phenoxy) is 2. The lowest BCUT2D eigenvalue weighted by Gasteiger charge is -2.24. The number of nitrogens with zero attached hydrogens (tertiary/aromatic N) is 1. The van der Waals surface area contributed by atoms with E-state index in [4.69, 9.17) is 13.9 Å². The molecule has 4 rings (SSSR count). The van der Waals surface area contributed by atoms with Crippen LogP contribution in [0.15, 0.2) is 46.9 Å². The number of furan rings is 1. The minimum atomic E-state index is -0.489. The third-order valence-electron chi connectivity index (χ3n) is 4.80.